The fraction of sp³-hybridized carbons (Fsp3) is 0.364. The van der Waals surface area contributed by atoms with Crippen LogP contribution in [0.1, 0.15) is 20.3 Å². The van der Waals surface area contributed by atoms with Crippen LogP contribution in [0.4, 0.5) is 11.5 Å². The molecule has 222 valence electrons. The van der Waals surface area contributed by atoms with Gasteiger partial charge in [-0.3, -0.25) is 18.9 Å². The van der Waals surface area contributed by atoms with Crippen molar-refractivity contribution >= 4 is 45.0 Å². The zero-order valence-electron chi connectivity index (χ0n) is 24.4. The molecule has 0 bridgehead atoms. The minimum atomic E-state index is -0.151. The van der Waals surface area contributed by atoms with Gasteiger partial charge in [-0.15, -0.1) is 0 Å². The third kappa shape index (κ3) is 5.37. The zero-order chi connectivity index (χ0) is 29.5. The Morgan fingerprint density at radius 3 is 2.60 bits per heavy atom. The highest BCUT2D eigenvalue weighted by Gasteiger charge is 2.24. The molecule has 5 heterocycles. The number of morpholine rings is 2. The Morgan fingerprint density at radius 2 is 1.79 bits per heavy atom. The molecule has 2 aliphatic rings. The Hall–Kier alpha value is -4.25. The van der Waals surface area contributed by atoms with Gasteiger partial charge in [0.05, 0.1) is 36.5 Å². The summed E-state index contributed by atoms with van der Waals surface area (Å²) in [6.07, 6.45) is 2.41. The van der Waals surface area contributed by atoms with Crippen LogP contribution in [-0.2, 0) is 14.3 Å². The Labute approximate surface area is 248 Å². The van der Waals surface area contributed by atoms with Crippen molar-refractivity contribution in [3.05, 3.63) is 71.1 Å². The summed E-state index contributed by atoms with van der Waals surface area (Å²) in [5.74, 6) is 0.578. The number of carbonyl (C=O) groups is 1. The third-order valence-corrected chi connectivity index (χ3v) is 8.25. The van der Waals surface area contributed by atoms with Crippen LogP contribution in [0.15, 0.2) is 70.0 Å². The van der Waals surface area contributed by atoms with Crippen LogP contribution < -0.4 is 15.8 Å². The number of pyridine rings is 1. The first-order chi connectivity index (χ1) is 20.9. The topological polar surface area (TPSA) is 102 Å². The molecule has 10 heteroatoms. The minimum Gasteiger partial charge on any atom is -0.455 e. The number of ether oxygens (including phenoxy) is 2. The summed E-state index contributed by atoms with van der Waals surface area (Å²) in [5.41, 5.74) is 4.00. The van der Waals surface area contributed by atoms with Gasteiger partial charge < -0.3 is 24.1 Å². The largest absolute Gasteiger partial charge is 0.455 e. The van der Waals surface area contributed by atoms with E-state index in [1.807, 2.05) is 48.5 Å². The van der Waals surface area contributed by atoms with E-state index in [2.05, 4.69) is 29.0 Å². The molecule has 0 aliphatic carbocycles. The molecule has 0 spiro atoms. The fourth-order valence-corrected chi connectivity index (χ4v) is 6.36. The van der Waals surface area contributed by atoms with Gasteiger partial charge in [-0.05, 0) is 44.2 Å². The van der Waals surface area contributed by atoms with Crippen molar-refractivity contribution in [2.45, 2.75) is 32.5 Å². The SMILES string of the molecule is C[C@@H]1CN(CCC(=O)Nc2ccc(-c3cccn4c(=O)cc(N5CCOCC5)nc34)c3oc4ccccc4c23)C[C@H](C)O1. The lowest BCUT2D eigenvalue weighted by Gasteiger charge is -2.35. The molecule has 2 aliphatic heterocycles. The van der Waals surface area contributed by atoms with Gasteiger partial charge >= 0.3 is 0 Å². The van der Waals surface area contributed by atoms with Gasteiger partial charge in [-0.2, -0.15) is 0 Å². The highest BCUT2D eigenvalue weighted by molar-refractivity contribution is 6.18. The van der Waals surface area contributed by atoms with Crippen LogP contribution in [0.5, 0.6) is 0 Å². The predicted molar refractivity (Wildman–Crippen MR) is 167 cm³/mol. The number of nitrogens with zero attached hydrogens (tertiary/aromatic N) is 4. The van der Waals surface area contributed by atoms with E-state index < -0.39 is 0 Å². The highest BCUT2D eigenvalue weighted by Crippen LogP contribution is 2.41. The number of rotatable bonds is 6. The van der Waals surface area contributed by atoms with Crippen molar-refractivity contribution in [1.82, 2.24) is 14.3 Å². The van der Waals surface area contributed by atoms with Gasteiger partial charge in [0.25, 0.3) is 5.56 Å². The number of hydrogen-bond donors (Lipinski definition) is 1. The third-order valence-electron chi connectivity index (χ3n) is 8.25. The average molecular weight is 582 g/mol. The lowest BCUT2D eigenvalue weighted by Crippen LogP contribution is -2.46. The molecule has 1 N–H and O–H groups in total. The number of nitrogens with one attached hydrogen (secondary N) is 1. The maximum Gasteiger partial charge on any atom is 0.259 e. The van der Waals surface area contributed by atoms with Crippen molar-refractivity contribution in [2.75, 3.05) is 56.2 Å². The number of furan rings is 1. The number of para-hydroxylation sites is 1. The van der Waals surface area contributed by atoms with Crippen LogP contribution in [-0.4, -0.2) is 78.3 Å². The van der Waals surface area contributed by atoms with Gasteiger partial charge in [-0.25, -0.2) is 4.98 Å². The van der Waals surface area contributed by atoms with E-state index in [1.54, 1.807) is 16.7 Å². The molecule has 7 rings (SSSR count). The molecule has 2 aromatic carbocycles. The van der Waals surface area contributed by atoms with Crippen molar-refractivity contribution in [1.29, 1.82) is 0 Å². The first-order valence-corrected chi connectivity index (χ1v) is 14.9. The zero-order valence-corrected chi connectivity index (χ0v) is 24.4. The Bertz CT molecular complexity index is 1870. The van der Waals surface area contributed by atoms with E-state index in [9.17, 15) is 9.59 Å². The number of anilines is 2. The van der Waals surface area contributed by atoms with Crippen LogP contribution in [0.3, 0.4) is 0 Å². The minimum absolute atomic E-state index is 0.0559. The maximum absolute atomic E-state index is 13.2. The molecular weight excluding hydrogens is 546 g/mol. The first-order valence-electron chi connectivity index (χ1n) is 14.9. The second-order valence-electron chi connectivity index (χ2n) is 11.4. The smallest absolute Gasteiger partial charge is 0.259 e. The summed E-state index contributed by atoms with van der Waals surface area (Å²) in [6, 6.07) is 17.1. The summed E-state index contributed by atoms with van der Waals surface area (Å²) in [7, 11) is 0. The standard InChI is InChI=1S/C33H35N5O5/c1-21-19-36(20-22(2)42-21)13-11-29(39)34-26-10-9-23(32-31(26)25-6-3-4-8-27(25)43-32)24-7-5-12-38-30(40)18-28(35-33(24)38)37-14-16-41-17-15-37/h3-10,12,18,21-22H,11,13-17,19-20H2,1-2H3,(H,34,39)/t21-,22+. The molecule has 0 radical (unpaired) electrons. The molecule has 43 heavy (non-hydrogen) atoms. The van der Waals surface area contributed by atoms with Gasteiger partial charge in [0.1, 0.15) is 22.6 Å². The van der Waals surface area contributed by atoms with E-state index in [0.717, 1.165) is 40.6 Å². The number of hydrogen-bond acceptors (Lipinski definition) is 8. The molecule has 10 nitrogen and oxygen atoms in total. The monoisotopic (exact) mass is 581 g/mol. The van der Waals surface area contributed by atoms with E-state index >= 15 is 0 Å². The van der Waals surface area contributed by atoms with E-state index in [4.69, 9.17) is 18.9 Å². The molecular formula is C33H35N5O5. The van der Waals surface area contributed by atoms with Crippen LogP contribution in [0.2, 0.25) is 0 Å². The lowest BCUT2D eigenvalue weighted by molar-refractivity contribution is -0.117. The number of amides is 1. The van der Waals surface area contributed by atoms with Gasteiger partial charge in [0.2, 0.25) is 5.91 Å². The Kier molecular flexibility index (Phi) is 7.34. The van der Waals surface area contributed by atoms with E-state index in [0.29, 0.717) is 62.0 Å². The second kappa shape index (κ2) is 11.4. The number of aromatic nitrogens is 2. The summed E-state index contributed by atoms with van der Waals surface area (Å²) in [4.78, 5) is 35.7. The second-order valence-corrected chi connectivity index (χ2v) is 11.4. The fourth-order valence-electron chi connectivity index (χ4n) is 6.36. The Balaban J connectivity index is 1.27. The average Bonchev–Trinajstić information content (AvgIpc) is 3.40. The first kappa shape index (κ1) is 27.6. The molecule has 0 unspecified atom stereocenters. The number of carbonyl (C=O) groups excluding carboxylic acids is 1. The van der Waals surface area contributed by atoms with E-state index in [-0.39, 0.29) is 23.7 Å². The van der Waals surface area contributed by atoms with Gasteiger partial charge in [0, 0.05) is 67.9 Å². The summed E-state index contributed by atoms with van der Waals surface area (Å²) >= 11 is 0. The molecule has 1 amide bonds. The molecule has 3 aromatic heterocycles. The maximum atomic E-state index is 13.2. The Morgan fingerprint density at radius 1 is 1.00 bits per heavy atom. The number of benzene rings is 2. The molecule has 0 saturated carbocycles. The van der Waals surface area contributed by atoms with Gasteiger partial charge in [0.15, 0.2) is 0 Å². The van der Waals surface area contributed by atoms with Crippen molar-refractivity contribution < 1.29 is 18.7 Å². The molecule has 2 saturated heterocycles. The van der Waals surface area contributed by atoms with Gasteiger partial charge in [-0.1, -0.05) is 18.2 Å². The number of fused-ring (bicyclic) bond motifs is 4. The van der Waals surface area contributed by atoms with E-state index in [1.165, 1.54) is 0 Å². The summed E-state index contributed by atoms with van der Waals surface area (Å²) in [5, 5.41) is 4.89. The summed E-state index contributed by atoms with van der Waals surface area (Å²) < 4.78 is 19.3. The van der Waals surface area contributed by atoms with Crippen LogP contribution in [0.25, 0.3) is 38.7 Å². The van der Waals surface area contributed by atoms with Crippen molar-refractivity contribution in [2.24, 2.45) is 0 Å². The molecule has 2 atom stereocenters. The predicted octanol–water partition coefficient (Wildman–Crippen LogP) is 4.54. The lowest BCUT2D eigenvalue weighted by atomic mass is 10.0. The van der Waals surface area contributed by atoms with Crippen molar-refractivity contribution in [3.63, 3.8) is 0 Å². The van der Waals surface area contributed by atoms with Crippen molar-refractivity contribution in [3.8, 4) is 11.1 Å². The summed E-state index contributed by atoms with van der Waals surface area (Å²) in [6.45, 7) is 8.98. The molecule has 2 fully saturated rings. The van der Waals surface area contributed by atoms with Crippen LogP contribution >= 0.6 is 0 Å². The highest BCUT2D eigenvalue weighted by atomic mass is 16.5. The molecule has 5 aromatic rings. The quantitative estimate of drug-likeness (QED) is 0.312. The van der Waals surface area contributed by atoms with Crippen LogP contribution in [0, 0.1) is 0 Å². The normalized spacial score (nSPS) is 19.8.